The highest BCUT2D eigenvalue weighted by Gasteiger charge is 2.24. The molecule has 4 rings (SSSR count). The number of nitrogens with one attached hydrogen (secondary N) is 2. The molecule has 2 N–H and O–H groups in total. The number of carbonyl (C=O) groups is 1. The SMILES string of the molecule is C[C@H](Oc1ccccc1)C(=O)NC1CCN(c2cc(-c3cccs3)[nH]n2)CC1. The number of anilines is 1. The molecule has 0 bridgehead atoms. The molecule has 1 aromatic carbocycles. The van der Waals surface area contributed by atoms with E-state index in [2.05, 4.69) is 37.9 Å². The Morgan fingerprint density at radius 2 is 2.04 bits per heavy atom. The van der Waals surface area contributed by atoms with E-state index in [0.717, 1.165) is 37.4 Å². The van der Waals surface area contributed by atoms with Crippen molar-refractivity contribution in [2.45, 2.75) is 31.9 Å². The molecule has 1 aliphatic rings. The molecule has 0 aliphatic carbocycles. The van der Waals surface area contributed by atoms with E-state index in [0.29, 0.717) is 5.75 Å². The first-order chi connectivity index (χ1) is 13.7. The smallest absolute Gasteiger partial charge is 0.260 e. The molecule has 0 spiro atoms. The van der Waals surface area contributed by atoms with E-state index in [1.165, 1.54) is 4.88 Å². The Morgan fingerprint density at radius 3 is 2.75 bits per heavy atom. The molecule has 0 radical (unpaired) electrons. The highest BCUT2D eigenvalue weighted by atomic mass is 32.1. The topological polar surface area (TPSA) is 70.2 Å². The Balaban J connectivity index is 1.26. The number of benzene rings is 1. The molecule has 1 aliphatic heterocycles. The van der Waals surface area contributed by atoms with Crippen LogP contribution in [-0.4, -0.2) is 41.3 Å². The average Bonchev–Trinajstić information content (AvgIpc) is 3.41. The molecule has 3 heterocycles. The van der Waals surface area contributed by atoms with Crippen molar-refractivity contribution in [3.05, 3.63) is 53.9 Å². The lowest BCUT2D eigenvalue weighted by Crippen LogP contribution is -2.48. The summed E-state index contributed by atoms with van der Waals surface area (Å²) >= 11 is 1.70. The van der Waals surface area contributed by atoms with E-state index < -0.39 is 6.10 Å². The van der Waals surface area contributed by atoms with Crippen LogP contribution >= 0.6 is 11.3 Å². The summed E-state index contributed by atoms with van der Waals surface area (Å²) < 4.78 is 5.71. The summed E-state index contributed by atoms with van der Waals surface area (Å²) in [4.78, 5) is 15.9. The van der Waals surface area contributed by atoms with E-state index in [1.54, 1.807) is 18.3 Å². The molecule has 0 saturated carbocycles. The molecule has 1 saturated heterocycles. The van der Waals surface area contributed by atoms with Gasteiger partial charge in [0.1, 0.15) is 5.75 Å². The van der Waals surface area contributed by atoms with Crippen molar-refractivity contribution < 1.29 is 9.53 Å². The average molecular weight is 397 g/mol. The van der Waals surface area contributed by atoms with E-state index in [1.807, 2.05) is 36.4 Å². The third kappa shape index (κ3) is 4.36. The first-order valence-corrected chi connectivity index (χ1v) is 10.4. The number of hydrogen-bond acceptors (Lipinski definition) is 5. The van der Waals surface area contributed by atoms with Crippen LogP contribution in [0.2, 0.25) is 0 Å². The van der Waals surface area contributed by atoms with Gasteiger partial charge in [0.2, 0.25) is 0 Å². The number of hydrogen-bond donors (Lipinski definition) is 2. The number of para-hydroxylation sites is 1. The number of aromatic amines is 1. The van der Waals surface area contributed by atoms with Gasteiger partial charge in [-0.1, -0.05) is 24.3 Å². The predicted molar refractivity (Wildman–Crippen MR) is 112 cm³/mol. The molecule has 1 atom stereocenters. The van der Waals surface area contributed by atoms with Crippen LogP contribution in [0.15, 0.2) is 53.9 Å². The summed E-state index contributed by atoms with van der Waals surface area (Å²) in [7, 11) is 0. The molecule has 3 aromatic rings. The number of piperidine rings is 1. The van der Waals surface area contributed by atoms with Crippen molar-refractivity contribution in [2.24, 2.45) is 0 Å². The van der Waals surface area contributed by atoms with Gasteiger partial charge in [0.15, 0.2) is 11.9 Å². The number of rotatable bonds is 6. The molecule has 6 nitrogen and oxygen atoms in total. The third-order valence-electron chi connectivity index (χ3n) is 4.94. The Labute approximate surface area is 168 Å². The summed E-state index contributed by atoms with van der Waals surface area (Å²) in [5.41, 5.74) is 1.05. The summed E-state index contributed by atoms with van der Waals surface area (Å²) in [6.07, 6.45) is 1.27. The van der Waals surface area contributed by atoms with Crippen molar-refractivity contribution >= 4 is 23.1 Å². The number of nitrogens with zero attached hydrogens (tertiary/aromatic N) is 2. The van der Waals surface area contributed by atoms with Gasteiger partial charge < -0.3 is 15.0 Å². The van der Waals surface area contributed by atoms with Crippen molar-refractivity contribution in [3.8, 4) is 16.3 Å². The van der Waals surface area contributed by atoms with Crippen molar-refractivity contribution in [2.75, 3.05) is 18.0 Å². The molecule has 0 unspecified atom stereocenters. The summed E-state index contributed by atoms with van der Waals surface area (Å²) in [6.45, 7) is 3.52. The number of H-pyrrole nitrogens is 1. The molecule has 7 heteroatoms. The molecule has 1 amide bonds. The van der Waals surface area contributed by atoms with Gasteiger partial charge in [0, 0.05) is 25.2 Å². The van der Waals surface area contributed by atoms with Crippen LogP contribution in [0.5, 0.6) is 5.75 Å². The molecule has 146 valence electrons. The molecule has 1 fully saturated rings. The Bertz CT molecular complexity index is 886. The van der Waals surface area contributed by atoms with Crippen LogP contribution in [0.1, 0.15) is 19.8 Å². The second kappa shape index (κ2) is 8.48. The maximum absolute atomic E-state index is 12.4. The normalized spacial score (nSPS) is 16.0. The maximum Gasteiger partial charge on any atom is 0.260 e. The van der Waals surface area contributed by atoms with E-state index in [4.69, 9.17) is 4.74 Å². The minimum Gasteiger partial charge on any atom is -0.481 e. The minimum absolute atomic E-state index is 0.0675. The zero-order valence-corrected chi connectivity index (χ0v) is 16.6. The fourth-order valence-corrected chi connectivity index (χ4v) is 4.05. The number of thiophene rings is 1. The highest BCUT2D eigenvalue weighted by molar-refractivity contribution is 7.13. The van der Waals surface area contributed by atoms with Gasteiger partial charge in [0.25, 0.3) is 5.91 Å². The molecular formula is C21H24N4O2S. The standard InChI is InChI=1S/C21H24N4O2S/c1-15(27-17-6-3-2-4-7-17)21(26)22-16-9-11-25(12-10-16)20-14-18(23-24-20)19-8-5-13-28-19/h2-8,13-16H,9-12H2,1H3,(H,22,26)(H,23,24)/t15-/m0/s1. The lowest BCUT2D eigenvalue weighted by molar-refractivity contribution is -0.128. The molecular weight excluding hydrogens is 372 g/mol. The number of ether oxygens (including phenoxy) is 1. The monoisotopic (exact) mass is 396 g/mol. The van der Waals surface area contributed by atoms with Crippen LogP contribution in [0.25, 0.3) is 10.6 Å². The van der Waals surface area contributed by atoms with Crippen LogP contribution < -0.4 is 15.0 Å². The second-order valence-corrected chi connectivity index (χ2v) is 7.91. The van der Waals surface area contributed by atoms with E-state index >= 15 is 0 Å². The fourth-order valence-electron chi connectivity index (χ4n) is 3.36. The van der Waals surface area contributed by atoms with Crippen LogP contribution in [0.4, 0.5) is 5.82 Å². The second-order valence-electron chi connectivity index (χ2n) is 6.96. The van der Waals surface area contributed by atoms with Crippen LogP contribution in [-0.2, 0) is 4.79 Å². The lowest BCUT2D eigenvalue weighted by atomic mass is 10.0. The van der Waals surface area contributed by atoms with Gasteiger partial charge in [-0.2, -0.15) is 5.10 Å². The van der Waals surface area contributed by atoms with Crippen molar-refractivity contribution in [3.63, 3.8) is 0 Å². The first-order valence-electron chi connectivity index (χ1n) is 9.55. The largest absolute Gasteiger partial charge is 0.481 e. The van der Waals surface area contributed by atoms with Gasteiger partial charge in [0.05, 0.1) is 10.6 Å². The van der Waals surface area contributed by atoms with Gasteiger partial charge in [-0.05, 0) is 43.3 Å². The summed E-state index contributed by atoms with van der Waals surface area (Å²) in [5, 5.41) is 12.8. The third-order valence-corrected chi connectivity index (χ3v) is 5.84. The fraction of sp³-hybridized carbons (Fsp3) is 0.333. The zero-order valence-electron chi connectivity index (χ0n) is 15.8. The van der Waals surface area contributed by atoms with E-state index in [9.17, 15) is 4.79 Å². The summed E-state index contributed by atoms with van der Waals surface area (Å²) in [6, 6.07) is 15.8. The molecule has 28 heavy (non-hydrogen) atoms. The van der Waals surface area contributed by atoms with Crippen molar-refractivity contribution in [1.82, 2.24) is 15.5 Å². The Kier molecular flexibility index (Phi) is 5.62. The van der Waals surface area contributed by atoms with Crippen molar-refractivity contribution in [1.29, 1.82) is 0 Å². The first kappa shape index (κ1) is 18.6. The minimum atomic E-state index is -0.514. The number of amides is 1. The number of carbonyl (C=O) groups excluding carboxylic acids is 1. The predicted octanol–water partition coefficient (Wildman–Crippen LogP) is 3.69. The van der Waals surface area contributed by atoms with Gasteiger partial charge >= 0.3 is 0 Å². The maximum atomic E-state index is 12.4. The molecule has 2 aromatic heterocycles. The lowest BCUT2D eigenvalue weighted by Gasteiger charge is -2.32. The van der Waals surface area contributed by atoms with Crippen LogP contribution in [0, 0.1) is 0 Å². The Morgan fingerprint density at radius 1 is 1.25 bits per heavy atom. The summed E-state index contributed by atoms with van der Waals surface area (Å²) in [5.74, 6) is 1.61. The van der Waals surface area contributed by atoms with E-state index in [-0.39, 0.29) is 11.9 Å². The van der Waals surface area contributed by atoms with Gasteiger partial charge in [-0.15, -0.1) is 11.3 Å². The van der Waals surface area contributed by atoms with Gasteiger partial charge in [-0.25, -0.2) is 0 Å². The van der Waals surface area contributed by atoms with Crippen LogP contribution in [0.3, 0.4) is 0 Å². The zero-order chi connectivity index (χ0) is 19.3. The van der Waals surface area contributed by atoms with Gasteiger partial charge in [-0.3, -0.25) is 9.89 Å². The quantitative estimate of drug-likeness (QED) is 0.667. The number of aromatic nitrogens is 2. The highest BCUT2D eigenvalue weighted by Crippen LogP contribution is 2.27. The Hall–Kier alpha value is -2.80.